The Hall–Kier alpha value is -2.00. The lowest BCUT2D eigenvalue weighted by atomic mass is 9.61. The predicted molar refractivity (Wildman–Crippen MR) is 72.9 cm³/mol. The van der Waals surface area contributed by atoms with E-state index in [0.29, 0.717) is 17.4 Å². The summed E-state index contributed by atoms with van der Waals surface area (Å²) >= 11 is 0. The maximum atomic E-state index is 9.61. The van der Waals surface area contributed by atoms with E-state index in [2.05, 4.69) is 30.2 Å². The second-order valence-corrected chi connectivity index (χ2v) is 6.02. The van der Waals surface area contributed by atoms with Crippen LogP contribution in [0.25, 0.3) is 0 Å². The average molecular weight is 274 g/mol. The monoisotopic (exact) mass is 274 g/mol. The summed E-state index contributed by atoms with van der Waals surface area (Å²) in [6.45, 7) is 6.18. The maximum absolute atomic E-state index is 9.61. The Kier molecular flexibility index (Phi) is 2.76. The molecule has 1 aromatic rings. The van der Waals surface area contributed by atoms with Crippen molar-refractivity contribution >= 4 is 0 Å². The summed E-state index contributed by atoms with van der Waals surface area (Å²) in [5.41, 5.74) is 8.18. The van der Waals surface area contributed by atoms with Crippen molar-refractivity contribution in [3.05, 3.63) is 22.7 Å². The van der Waals surface area contributed by atoms with Crippen LogP contribution in [0, 0.1) is 24.2 Å². The van der Waals surface area contributed by atoms with E-state index in [-0.39, 0.29) is 11.3 Å². The molecule has 0 amide bonds. The lowest BCUT2D eigenvalue weighted by Crippen LogP contribution is -3.11. The highest BCUT2D eigenvalue weighted by atomic mass is 16.5. The average Bonchev–Trinajstić information content (AvgIpc) is 2.76. The Morgan fingerprint density at radius 3 is 3.00 bits per heavy atom. The molecule has 2 aliphatic heterocycles. The molecule has 0 bridgehead atoms. The zero-order valence-corrected chi connectivity index (χ0v) is 12.1. The topological polar surface area (TPSA) is 92.2 Å². The first kappa shape index (κ1) is 13.0. The highest BCUT2D eigenvalue weighted by molar-refractivity contribution is 5.54. The van der Waals surface area contributed by atoms with Gasteiger partial charge >= 0.3 is 0 Å². The number of hydrogen-bond donors (Lipinski definition) is 3. The number of aromatic nitrogens is 2. The van der Waals surface area contributed by atoms with Crippen LogP contribution in [0.1, 0.15) is 24.6 Å². The molecule has 106 valence electrons. The van der Waals surface area contributed by atoms with Gasteiger partial charge in [0, 0.05) is 23.6 Å². The number of nitrogens with one attached hydrogen (secondary N) is 2. The van der Waals surface area contributed by atoms with Gasteiger partial charge in [-0.2, -0.15) is 5.26 Å². The number of piperidine rings is 1. The number of H-pyrrole nitrogens is 1. The van der Waals surface area contributed by atoms with Crippen molar-refractivity contribution in [1.29, 1.82) is 5.26 Å². The molecule has 0 saturated carbocycles. The summed E-state index contributed by atoms with van der Waals surface area (Å²) in [5, 5.41) is 16.8. The predicted octanol–water partition coefficient (Wildman–Crippen LogP) is -0.403. The molecule has 1 fully saturated rings. The van der Waals surface area contributed by atoms with Crippen LogP contribution >= 0.6 is 0 Å². The number of nitrogens with two attached hydrogens (primary N) is 1. The maximum Gasteiger partial charge on any atom is 0.244 e. The molecule has 0 radical (unpaired) electrons. The lowest BCUT2D eigenvalue weighted by molar-refractivity contribution is -0.890. The van der Waals surface area contributed by atoms with Crippen molar-refractivity contribution < 1.29 is 9.64 Å². The van der Waals surface area contributed by atoms with Crippen molar-refractivity contribution in [3.63, 3.8) is 0 Å². The van der Waals surface area contributed by atoms with Gasteiger partial charge in [0.25, 0.3) is 0 Å². The molecule has 3 rings (SSSR count). The summed E-state index contributed by atoms with van der Waals surface area (Å²) in [6.07, 6.45) is 0.889. The third-order valence-corrected chi connectivity index (χ3v) is 4.81. The Labute approximate surface area is 118 Å². The van der Waals surface area contributed by atoms with E-state index in [0.717, 1.165) is 30.8 Å². The third-order valence-electron chi connectivity index (χ3n) is 4.81. The lowest BCUT2D eigenvalue weighted by Gasteiger charge is -2.45. The number of likely N-dealkylation sites (tertiary alicyclic amines) is 1. The molecule has 0 aliphatic carbocycles. The zero-order chi connectivity index (χ0) is 14.5. The Morgan fingerprint density at radius 2 is 2.35 bits per heavy atom. The van der Waals surface area contributed by atoms with Gasteiger partial charge in [-0.05, 0) is 6.92 Å². The smallest absolute Gasteiger partial charge is 0.244 e. The fourth-order valence-corrected chi connectivity index (χ4v) is 3.86. The van der Waals surface area contributed by atoms with Crippen molar-refractivity contribution in [2.45, 2.75) is 25.7 Å². The van der Waals surface area contributed by atoms with E-state index >= 15 is 0 Å². The molecule has 6 heteroatoms. The number of aryl methyl sites for hydroxylation is 1. The van der Waals surface area contributed by atoms with Gasteiger partial charge in [-0.25, -0.2) is 0 Å². The minimum Gasteiger partial charge on any atom is -0.420 e. The van der Waals surface area contributed by atoms with E-state index in [1.165, 1.54) is 4.90 Å². The highest BCUT2D eigenvalue weighted by Gasteiger charge is 2.53. The minimum absolute atomic E-state index is 0.206. The van der Waals surface area contributed by atoms with Crippen LogP contribution in [0.15, 0.2) is 11.5 Å². The fourth-order valence-electron chi connectivity index (χ4n) is 3.86. The van der Waals surface area contributed by atoms with E-state index in [1.54, 1.807) is 0 Å². The quantitative estimate of drug-likeness (QED) is 0.600. The number of nitriles is 1. The minimum atomic E-state index is -0.358. The van der Waals surface area contributed by atoms with Crippen molar-refractivity contribution in [2.24, 2.45) is 11.7 Å². The molecule has 3 heterocycles. The molecule has 0 aromatic carbocycles. The third kappa shape index (κ3) is 1.50. The summed E-state index contributed by atoms with van der Waals surface area (Å²) < 4.78 is 5.54. The Bertz CT molecular complexity index is 626. The van der Waals surface area contributed by atoms with Crippen molar-refractivity contribution in [3.8, 4) is 11.9 Å². The molecule has 1 spiro atoms. The molecule has 1 unspecified atom stereocenters. The number of nitrogens with zero attached hydrogens (tertiary/aromatic N) is 2. The number of quaternary nitrogens is 1. The van der Waals surface area contributed by atoms with Crippen LogP contribution in [0.2, 0.25) is 0 Å². The highest BCUT2D eigenvalue weighted by Crippen LogP contribution is 2.50. The van der Waals surface area contributed by atoms with E-state index in [4.69, 9.17) is 10.5 Å². The Morgan fingerprint density at radius 1 is 1.60 bits per heavy atom. The molecular formula is C14H20N5O+. The van der Waals surface area contributed by atoms with Crippen LogP contribution in [0.3, 0.4) is 0 Å². The van der Waals surface area contributed by atoms with Gasteiger partial charge in [0.15, 0.2) is 0 Å². The van der Waals surface area contributed by atoms with Crippen LogP contribution in [0.5, 0.6) is 5.88 Å². The van der Waals surface area contributed by atoms with Crippen LogP contribution in [-0.4, -0.2) is 30.3 Å². The van der Waals surface area contributed by atoms with E-state index in [9.17, 15) is 5.26 Å². The Balaban J connectivity index is 2.25. The summed E-state index contributed by atoms with van der Waals surface area (Å²) in [7, 11) is 2.19. The largest absolute Gasteiger partial charge is 0.420 e. The normalized spacial score (nSPS) is 32.7. The zero-order valence-electron chi connectivity index (χ0n) is 12.1. The molecule has 20 heavy (non-hydrogen) atoms. The molecular weight excluding hydrogens is 254 g/mol. The standard InChI is InChI=1S/C14H19N5O/c1-8-7-19(3)5-4-14(8)10(6-15)12(16)20-13-11(14)9(2)17-18-13/h8H,4-5,7,16H2,1-3H3,(H,17,18)/p+1/t8-,14-/m0/s1. The number of hydrogen-bond acceptors (Lipinski definition) is 4. The van der Waals surface area contributed by atoms with E-state index in [1.807, 2.05) is 6.92 Å². The summed E-state index contributed by atoms with van der Waals surface area (Å²) in [5.74, 6) is 1.05. The van der Waals surface area contributed by atoms with Gasteiger partial charge in [0.2, 0.25) is 11.8 Å². The molecule has 2 aliphatic rings. The number of aromatic amines is 1. The van der Waals surface area contributed by atoms with E-state index < -0.39 is 0 Å². The first-order chi connectivity index (χ1) is 9.50. The van der Waals surface area contributed by atoms with Crippen LogP contribution in [0.4, 0.5) is 0 Å². The number of rotatable bonds is 0. The van der Waals surface area contributed by atoms with Gasteiger partial charge in [-0.15, -0.1) is 5.10 Å². The van der Waals surface area contributed by atoms with Crippen molar-refractivity contribution in [1.82, 2.24) is 10.2 Å². The fraction of sp³-hybridized carbons (Fsp3) is 0.571. The first-order valence-electron chi connectivity index (χ1n) is 6.95. The molecule has 6 nitrogen and oxygen atoms in total. The van der Waals surface area contributed by atoms with Gasteiger partial charge in [0.1, 0.15) is 11.6 Å². The second kappa shape index (κ2) is 4.25. The summed E-state index contributed by atoms with van der Waals surface area (Å²) in [6, 6.07) is 2.30. The SMILES string of the molecule is Cc1[nH]nc2c1[C@]1(CC[NH+](C)C[C@@H]1C)C(C#N)=C(N)O2. The van der Waals surface area contributed by atoms with Crippen LogP contribution in [-0.2, 0) is 5.41 Å². The molecule has 4 N–H and O–H groups in total. The number of fused-ring (bicyclic) bond motifs is 2. The summed E-state index contributed by atoms with van der Waals surface area (Å²) in [4.78, 5) is 1.48. The molecule has 1 saturated heterocycles. The van der Waals surface area contributed by atoms with Gasteiger partial charge in [-0.3, -0.25) is 5.10 Å². The van der Waals surface area contributed by atoms with Crippen molar-refractivity contribution in [2.75, 3.05) is 20.1 Å². The molecule has 3 atom stereocenters. The first-order valence-corrected chi connectivity index (χ1v) is 6.95. The van der Waals surface area contributed by atoms with Gasteiger partial charge in [-0.1, -0.05) is 6.92 Å². The van der Waals surface area contributed by atoms with Crippen LogP contribution < -0.4 is 15.4 Å². The second-order valence-electron chi connectivity index (χ2n) is 6.02. The van der Waals surface area contributed by atoms with Gasteiger partial charge < -0.3 is 15.4 Å². The number of ether oxygens (including phenoxy) is 1. The number of allylic oxidation sites excluding steroid dienone is 1. The van der Waals surface area contributed by atoms with Gasteiger partial charge in [0.05, 0.1) is 25.6 Å². The molecule has 1 aromatic heterocycles.